The number of carbonyl (C=O) groups is 3. The fourth-order valence-corrected chi connectivity index (χ4v) is 3.10. The monoisotopic (exact) mass is 361 g/mol. The number of halogens is 1. The van der Waals surface area contributed by atoms with Crippen molar-refractivity contribution in [2.75, 3.05) is 31.6 Å². The lowest BCUT2D eigenvalue weighted by Gasteiger charge is -2.19. The van der Waals surface area contributed by atoms with E-state index in [1.165, 1.54) is 19.3 Å². The van der Waals surface area contributed by atoms with Crippen LogP contribution in [0.4, 0.5) is 14.9 Å². The first-order chi connectivity index (χ1) is 12.4. The average molecular weight is 361 g/mol. The molecule has 0 spiro atoms. The molecule has 3 rings (SSSR count). The number of aryl methyl sites for hydroxylation is 1. The summed E-state index contributed by atoms with van der Waals surface area (Å²) in [5.74, 6) is -1.72. The van der Waals surface area contributed by atoms with E-state index in [4.69, 9.17) is 0 Å². The second-order valence-corrected chi connectivity index (χ2v) is 6.31. The standard InChI is InChI=1S/C18H20FN3O4/c1-11-7-15(21-5-3-4-6-21)13(19)8-12(11)9-14-17(24)22(18(25)20-14)10-16(23)26-2/h7-9H,3-6,10H2,1-2H3,(H,20,25)/b14-9+. The van der Waals surface area contributed by atoms with Crippen LogP contribution in [0.2, 0.25) is 0 Å². The zero-order valence-corrected chi connectivity index (χ0v) is 14.7. The number of nitrogens with one attached hydrogen (secondary N) is 1. The van der Waals surface area contributed by atoms with Gasteiger partial charge in [-0.2, -0.15) is 0 Å². The van der Waals surface area contributed by atoms with Crippen LogP contribution >= 0.6 is 0 Å². The van der Waals surface area contributed by atoms with Gasteiger partial charge in [-0.05, 0) is 49.1 Å². The molecule has 0 aliphatic carbocycles. The third-order valence-corrected chi connectivity index (χ3v) is 4.56. The Morgan fingerprint density at radius 3 is 2.65 bits per heavy atom. The first-order valence-electron chi connectivity index (χ1n) is 8.37. The zero-order chi connectivity index (χ0) is 18.8. The van der Waals surface area contributed by atoms with Gasteiger partial charge in [-0.1, -0.05) is 0 Å². The summed E-state index contributed by atoms with van der Waals surface area (Å²) in [6.07, 6.45) is 3.51. The van der Waals surface area contributed by atoms with Gasteiger partial charge in [-0.25, -0.2) is 14.1 Å². The highest BCUT2D eigenvalue weighted by Gasteiger charge is 2.35. The van der Waals surface area contributed by atoms with Gasteiger partial charge in [-0.3, -0.25) is 9.59 Å². The van der Waals surface area contributed by atoms with Gasteiger partial charge in [0.1, 0.15) is 18.1 Å². The first kappa shape index (κ1) is 17.9. The van der Waals surface area contributed by atoms with Crippen molar-refractivity contribution < 1.29 is 23.5 Å². The second kappa shape index (κ2) is 7.15. The van der Waals surface area contributed by atoms with Crippen molar-refractivity contribution >= 4 is 29.7 Å². The maximum Gasteiger partial charge on any atom is 0.329 e. The lowest BCUT2D eigenvalue weighted by molar-refractivity contribution is -0.143. The number of carbonyl (C=O) groups excluding carboxylic acids is 3. The predicted molar refractivity (Wildman–Crippen MR) is 92.8 cm³/mol. The predicted octanol–water partition coefficient (Wildman–Crippen LogP) is 1.80. The van der Waals surface area contributed by atoms with Crippen molar-refractivity contribution in [2.24, 2.45) is 0 Å². The van der Waals surface area contributed by atoms with Gasteiger partial charge in [0, 0.05) is 13.1 Å². The molecule has 8 heteroatoms. The van der Waals surface area contributed by atoms with Crippen LogP contribution in [0.3, 0.4) is 0 Å². The molecule has 1 aromatic carbocycles. The highest BCUT2D eigenvalue weighted by Crippen LogP contribution is 2.28. The first-order valence-corrected chi connectivity index (χ1v) is 8.37. The third kappa shape index (κ3) is 3.40. The molecular formula is C18H20FN3O4. The van der Waals surface area contributed by atoms with Crippen LogP contribution in [0.5, 0.6) is 0 Å². The molecule has 138 valence electrons. The number of benzene rings is 1. The number of hydrogen-bond donors (Lipinski definition) is 1. The van der Waals surface area contributed by atoms with Crippen molar-refractivity contribution in [1.29, 1.82) is 0 Å². The molecule has 1 N–H and O–H groups in total. The highest BCUT2D eigenvalue weighted by molar-refractivity contribution is 6.15. The van der Waals surface area contributed by atoms with Crippen molar-refractivity contribution in [3.63, 3.8) is 0 Å². The molecule has 2 aliphatic rings. The molecule has 26 heavy (non-hydrogen) atoms. The van der Waals surface area contributed by atoms with E-state index in [1.807, 2.05) is 11.8 Å². The Morgan fingerprint density at radius 1 is 1.31 bits per heavy atom. The molecule has 2 heterocycles. The number of nitrogens with zero attached hydrogens (tertiary/aromatic N) is 2. The molecule has 1 aromatic rings. The minimum Gasteiger partial charge on any atom is -0.468 e. The Labute approximate surface area is 150 Å². The minimum absolute atomic E-state index is 0.00433. The quantitative estimate of drug-likeness (QED) is 0.503. The lowest BCUT2D eigenvalue weighted by atomic mass is 10.1. The van der Waals surface area contributed by atoms with Gasteiger partial charge in [0.25, 0.3) is 5.91 Å². The molecule has 0 atom stereocenters. The van der Waals surface area contributed by atoms with E-state index < -0.39 is 24.5 Å². The summed E-state index contributed by atoms with van der Waals surface area (Å²) in [6.45, 7) is 3.00. The molecule has 0 radical (unpaired) electrons. The Kier molecular flexibility index (Phi) is 4.92. The van der Waals surface area contributed by atoms with Crippen molar-refractivity contribution in [3.8, 4) is 0 Å². The number of amides is 3. The molecule has 3 amide bonds. The number of esters is 1. The summed E-state index contributed by atoms with van der Waals surface area (Å²) in [6, 6.07) is 2.40. The normalized spacial score (nSPS) is 18.7. The number of methoxy groups -OCH3 is 1. The van der Waals surface area contributed by atoms with Crippen LogP contribution in [0.25, 0.3) is 6.08 Å². The van der Waals surface area contributed by atoms with E-state index in [9.17, 15) is 18.8 Å². The Balaban J connectivity index is 1.85. The molecule has 2 fully saturated rings. The second-order valence-electron chi connectivity index (χ2n) is 6.31. The van der Waals surface area contributed by atoms with E-state index in [0.29, 0.717) is 11.3 Å². The highest BCUT2D eigenvalue weighted by atomic mass is 19.1. The number of anilines is 1. The van der Waals surface area contributed by atoms with Crippen LogP contribution < -0.4 is 10.2 Å². The summed E-state index contributed by atoms with van der Waals surface area (Å²) < 4.78 is 19.0. The third-order valence-electron chi connectivity index (χ3n) is 4.56. The van der Waals surface area contributed by atoms with Gasteiger partial charge in [0.15, 0.2) is 0 Å². The van der Waals surface area contributed by atoms with Crippen molar-refractivity contribution in [2.45, 2.75) is 19.8 Å². The zero-order valence-electron chi connectivity index (χ0n) is 14.7. The largest absolute Gasteiger partial charge is 0.468 e. The molecule has 2 saturated heterocycles. The lowest BCUT2D eigenvalue weighted by Crippen LogP contribution is -2.36. The Morgan fingerprint density at radius 2 is 2.00 bits per heavy atom. The molecule has 0 unspecified atom stereocenters. The van der Waals surface area contributed by atoms with E-state index >= 15 is 0 Å². The Hall–Kier alpha value is -2.90. The molecule has 0 saturated carbocycles. The molecule has 7 nitrogen and oxygen atoms in total. The summed E-state index contributed by atoms with van der Waals surface area (Å²) in [5.41, 5.74) is 1.83. The SMILES string of the molecule is COC(=O)CN1C(=O)N/C(=C/c2cc(F)c(N3CCCC3)cc2C)C1=O. The topological polar surface area (TPSA) is 79.0 Å². The van der Waals surface area contributed by atoms with Gasteiger partial charge < -0.3 is 15.0 Å². The van der Waals surface area contributed by atoms with E-state index in [1.54, 1.807) is 6.07 Å². The number of hydrogen-bond acceptors (Lipinski definition) is 5. The molecule has 0 bridgehead atoms. The smallest absolute Gasteiger partial charge is 0.329 e. The van der Waals surface area contributed by atoms with Crippen LogP contribution in [0.1, 0.15) is 24.0 Å². The maximum absolute atomic E-state index is 14.5. The number of urea groups is 1. The maximum atomic E-state index is 14.5. The molecule has 0 aromatic heterocycles. The summed E-state index contributed by atoms with van der Waals surface area (Å²) in [4.78, 5) is 38.3. The van der Waals surface area contributed by atoms with Gasteiger partial charge in [0.05, 0.1) is 12.8 Å². The van der Waals surface area contributed by atoms with E-state index in [2.05, 4.69) is 10.1 Å². The molecular weight excluding hydrogens is 341 g/mol. The summed E-state index contributed by atoms with van der Waals surface area (Å²) in [5, 5.41) is 2.41. The summed E-state index contributed by atoms with van der Waals surface area (Å²) in [7, 11) is 1.17. The fourth-order valence-electron chi connectivity index (χ4n) is 3.10. The summed E-state index contributed by atoms with van der Waals surface area (Å²) >= 11 is 0. The van der Waals surface area contributed by atoms with E-state index in [0.717, 1.165) is 36.4 Å². The average Bonchev–Trinajstić information content (AvgIpc) is 3.22. The number of ether oxygens (including phenoxy) is 1. The molecule has 2 aliphatic heterocycles. The van der Waals surface area contributed by atoms with Crippen molar-refractivity contribution in [1.82, 2.24) is 10.2 Å². The van der Waals surface area contributed by atoms with Crippen LogP contribution in [-0.2, 0) is 14.3 Å². The van der Waals surface area contributed by atoms with Crippen LogP contribution in [0, 0.1) is 12.7 Å². The van der Waals surface area contributed by atoms with Gasteiger partial charge in [-0.15, -0.1) is 0 Å². The Bertz CT molecular complexity index is 800. The van der Waals surface area contributed by atoms with Crippen molar-refractivity contribution in [3.05, 3.63) is 34.8 Å². The van der Waals surface area contributed by atoms with Gasteiger partial charge in [0.2, 0.25) is 0 Å². The number of rotatable bonds is 4. The minimum atomic E-state index is -0.710. The van der Waals surface area contributed by atoms with Crippen LogP contribution in [0.15, 0.2) is 17.8 Å². The van der Waals surface area contributed by atoms with Gasteiger partial charge >= 0.3 is 12.0 Å². The number of imide groups is 1. The van der Waals surface area contributed by atoms with E-state index in [-0.39, 0.29) is 11.5 Å². The fraction of sp³-hybridized carbons (Fsp3) is 0.389. The van der Waals surface area contributed by atoms with Crippen LogP contribution in [-0.4, -0.2) is 49.6 Å².